The second-order valence-electron chi connectivity index (χ2n) is 10.7. The highest BCUT2D eigenvalue weighted by Crippen LogP contribution is 2.61. The van der Waals surface area contributed by atoms with Crippen LogP contribution in [-0.2, 0) is 29.5 Å². The summed E-state index contributed by atoms with van der Waals surface area (Å²) in [5, 5.41) is 24.3. The largest absolute Gasteiger partial charge is 0.489 e. The van der Waals surface area contributed by atoms with Crippen molar-refractivity contribution in [3.8, 4) is 5.75 Å². The lowest BCUT2D eigenvalue weighted by atomic mass is 9.94. The minimum atomic E-state index is -5.00. The van der Waals surface area contributed by atoms with Crippen LogP contribution >= 0.6 is 11.3 Å². The van der Waals surface area contributed by atoms with Gasteiger partial charge in [0.15, 0.2) is 10.8 Å². The van der Waals surface area contributed by atoms with E-state index in [1.54, 1.807) is 24.3 Å². The number of anilines is 1. The molecular weight excluding hydrogens is 662 g/mol. The van der Waals surface area contributed by atoms with Gasteiger partial charge in [0, 0.05) is 30.5 Å². The summed E-state index contributed by atoms with van der Waals surface area (Å²) >= 11 is 0.945. The van der Waals surface area contributed by atoms with Crippen LogP contribution in [0, 0.1) is 0 Å². The number of ether oxygens (including phenoxy) is 1. The van der Waals surface area contributed by atoms with Gasteiger partial charge >= 0.3 is 16.3 Å². The van der Waals surface area contributed by atoms with Crippen LogP contribution in [0.25, 0.3) is 0 Å². The smallest absolute Gasteiger partial charge is 0.362 e. The Morgan fingerprint density at radius 2 is 2.02 bits per heavy atom. The Morgan fingerprint density at radius 1 is 1.28 bits per heavy atom. The van der Waals surface area contributed by atoms with Crippen LogP contribution in [0.5, 0.6) is 5.75 Å². The predicted octanol–water partition coefficient (Wildman–Crippen LogP) is -2.24. The molecule has 1 aliphatic carbocycles. The first kappa shape index (κ1) is 31.8. The van der Waals surface area contributed by atoms with E-state index in [4.69, 9.17) is 21.0 Å². The van der Waals surface area contributed by atoms with Crippen LogP contribution in [0.4, 0.5) is 5.13 Å². The number of rotatable bonds is 13. The van der Waals surface area contributed by atoms with Crippen LogP contribution in [-0.4, -0.2) is 115 Å². The fourth-order valence-corrected chi connectivity index (χ4v) is 6.79. The number of carboxylic acids is 1. The first-order valence-electron chi connectivity index (χ1n) is 13.8. The number of carbonyl (C=O) groups is 3. The van der Waals surface area contributed by atoms with Gasteiger partial charge in [0.2, 0.25) is 0 Å². The molecule has 3 aliphatic rings. The van der Waals surface area contributed by atoms with Crippen molar-refractivity contribution in [2.24, 2.45) is 15.9 Å². The summed E-state index contributed by atoms with van der Waals surface area (Å²) in [5.41, 5.74) is 10.2. The van der Waals surface area contributed by atoms with Crippen LogP contribution in [0.1, 0.15) is 23.7 Å². The van der Waals surface area contributed by atoms with Gasteiger partial charge in [-0.25, -0.2) is 23.7 Å². The molecule has 2 aromatic heterocycles. The molecule has 22 heteroatoms. The van der Waals surface area contributed by atoms with Crippen LogP contribution in [0.15, 0.2) is 52.4 Å². The minimum Gasteiger partial charge on any atom is -0.489 e. The zero-order valence-corrected chi connectivity index (χ0v) is 25.7. The van der Waals surface area contributed by atoms with E-state index in [-0.39, 0.29) is 27.6 Å². The van der Waals surface area contributed by atoms with E-state index in [0.717, 1.165) is 24.4 Å². The Hall–Kier alpha value is -5.19. The maximum Gasteiger partial charge on any atom is 0.362 e. The number of hydrogen-bond donors (Lipinski definition) is 6. The van der Waals surface area contributed by atoms with Gasteiger partial charge < -0.3 is 36.8 Å². The van der Waals surface area contributed by atoms with Gasteiger partial charge in [-0.1, -0.05) is 5.16 Å². The van der Waals surface area contributed by atoms with Gasteiger partial charge in [-0.2, -0.15) is 13.5 Å². The van der Waals surface area contributed by atoms with Gasteiger partial charge in [0.25, 0.3) is 17.9 Å². The number of β-lactam (4-membered cyclic amide) rings is 1. The lowest BCUT2D eigenvalue weighted by Crippen LogP contribution is -2.75. The van der Waals surface area contributed by atoms with Crippen LogP contribution in [0.2, 0.25) is 0 Å². The van der Waals surface area contributed by atoms with Gasteiger partial charge in [-0.3, -0.25) is 19.1 Å². The number of thiazole rings is 1. The molecule has 1 unspecified atom stereocenters. The van der Waals surface area contributed by atoms with Crippen molar-refractivity contribution in [3.05, 3.63) is 53.6 Å². The van der Waals surface area contributed by atoms with E-state index < -0.39 is 64.1 Å². The van der Waals surface area contributed by atoms with E-state index >= 15 is 0 Å². The van der Waals surface area contributed by atoms with Gasteiger partial charge in [0.05, 0.1) is 12.1 Å². The maximum absolute atomic E-state index is 13.5. The Bertz CT molecular complexity index is 1860. The average Bonchev–Trinajstić information content (AvgIpc) is 3.30. The van der Waals surface area contributed by atoms with Crippen molar-refractivity contribution in [2.75, 3.05) is 25.4 Å². The van der Waals surface area contributed by atoms with E-state index in [2.05, 4.69) is 35.8 Å². The van der Waals surface area contributed by atoms with E-state index in [9.17, 15) is 32.5 Å². The summed E-state index contributed by atoms with van der Waals surface area (Å²) in [6, 6.07) is 4.39. The second-order valence-corrected chi connectivity index (χ2v) is 12.8. The highest BCUT2D eigenvalue weighted by atomic mass is 32.2. The first-order valence-corrected chi connectivity index (χ1v) is 16.1. The third-order valence-electron chi connectivity index (χ3n) is 7.68. The van der Waals surface area contributed by atoms with E-state index in [1.807, 2.05) is 0 Å². The number of nitrogens with zero attached hydrogens (tertiary/aromatic N) is 7. The molecule has 3 aromatic rings. The number of hydrogen-bond acceptors (Lipinski definition) is 15. The topological polar surface area (TPSA) is 292 Å². The lowest BCUT2D eigenvalue weighted by Gasteiger charge is -2.45. The molecule has 2 saturated heterocycles. The number of benzene rings is 1. The number of carbonyl (C=O) groups excluding carboxylic acids is 2. The zero-order chi connectivity index (χ0) is 33.5. The number of aliphatic imine (C=N–C) groups is 1. The number of nitrogen functional groups attached to an aromatic ring is 1. The average molecular weight is 690 g/mol. The molecule has 3 fully saturated rings. The number of amides is 2. The molecule has 2 aliphatic heterocycles. The van der Waals surface area contributed by atoms with Crippen molar-refractivity contribution in [1.29, 1.82) is 0 Å². The number of carboxylic acid groups (broad SMARTS) is 1. The molecule has 6 rings (SSSR count). The highest BCUT2D eigenvalue weighted by Gasteiger charge is 2.79. The Kier molecular flexibility index (Phi) is 8.25. The molecule has 0 radical (unpaired) electrons. The molecule has 1 saturated carbocycles. The standard InChI is InChI=1S/C25H27N11O9S2/c26-20(31-13-6-28-7-13)12-1-3-14(4-2-12)44-8-16(23(39)40)45-34-18(15-9-46-24(27)32-15)21(37)33-19-22(38)36(47(41,42)43)25(19)5-17(25)35-11-29-10-30-35/h1-4,9-11,13,16-17,19,28H,5-8H2,(H2,26,31)(H2,27,32)(H,33,37)(H,39,40)(H,41,42,43)/b34-18-/t16-,17?,19+,25-/m0/s1. The summed E-state index contributed by atoms with van der Waals surface area (Å²) < 4.78 is 41.0. The van der Waals surface area contributed by atoms with Gasteiger partial charge in [0.1, 0.15) is 48.1 Å². The fraction of sp³-hybridized carbons (Fsp3) is 0.360. The summed E-state index contributed by atoms with van der Waals surface area (Å²) in [5.74, 6) is -3.01. The SMILES string of the molecule is NC(=NC1CNC1)c1ccc(OC[C@H](O/N=C(\C(=O)N[C@@H]2C(=O)N(S(=O)(=O)O)[C@]23CC3n2cncn2)c2csc(N)n2)C(=O)O)cc1. The first-order chi connectivity index (χ1) is 22.4. The normalized spacial score (nSPS) is 23.5. The Morgan fingerprint density at radius 3 is 2.60 bits per heavy atom. The molecule has 8 N–H and O–H groups in total. The summed E-state index contributed by atoms with van der Waals surface area (Å²) in [6.07, 6.45) is 0.793. The fourth-order valence-electron chi connectivity index (χ4n) is 5.18. The Balaban J connectivity index is 1.17. The molecule has 20 nitrogen and oxygen atoms in total. The van der Waals surface area contributed by atoms with Crippen molar-refractivity contribution in [1.82, 2.24) is 34.7 Å². The minimum absolute atomic E-state index is 0.0102. The Labute approximate surface area is 269 Å². The number of aromatic nitrogens is 4. The lowest BCUT2D eigenvalue weighted by molar-refractivity contribution is -0.152. The quantitative estimate of drug-likeness (QED) is 0.0364. The zero-order valence-electron chi connectivity index (χ0n) is 24.0. The number of amidine groups is 1. The number of oxime groups is 1. The second kappa shape index (κ2) is 12.2. The van der Waals surface area contributed by atoms with Crippen LogP contribution in [0.3, 0.4) is 0 Å². The van der Waals surface area contributed by atoms with Crippen LogP contribution < -0.4 is 26.8 Å². The summed E-state index contributed by atoms with van der Waals surface area (Å²) in [6.45, 7) is 0.963. The van der Waals surface area contributed by atoms with Crippen molar-refractivity contribution >= 4 is 56.1 Å². The van der Waals surface area contributed by atoms with E-state index in [1.165, 1.54) is 22.7 Å². The van der Waals surface area contributed by atoms with E-state index in [0.29, 0.717) is 17.1 Å². The summed E-state index contributed by atoms with van der Waals surface area (Å²) in [4.78, 5) is 55.8. The summed E-state index contributed by atoms with van der Waals surface area (Å²) in [7, 11) is -5.00. The molecular formula is C25H27N11O9S2. The van der Waals surface area contributed by atoms with Crippen molar-refractivity contribution < 1.29 is 42.0 Å². The maximum atomic E-state index is 13.5. The molecule has 248 valence electrons. The molecule has 2 amide bonds. The van der Waals surface area contributed by atoms with Crippen molar-refractivity contribution in [2.45, 2.75) is 36.2 Å². The van der Waals surface area contributed by atoms with Gasteiger partial charge in [-0.15, -0.1) is 11.3 Å². The number of aliphatic carboxylic acids is 1. The van der Waals surface area contributed by atoms with Gasteiger partial charge in [-0.05, 0) is 24.3 Å². The number of nitrogens with two attached hydrogens (primary N) is 2. The third kappa shape index (κ3) is 6.17. The van der Waals surface area contributed by atoms with Crippen molar-refractivity contribution in [3.63, 3.8) is 0 Å². The highest BCUT2D eigenvalue weighted by molar-refractivity contribution is 7.84. The predicted molar refractivity (Wildman–Crippen MR) is 162 cm³/mol. The number of nitrogens with one attached hydrogen (secondary N) is 2. The molecule has 47 heavy (non-hydrogen) atoms. The molecule has 1 spiro atoms. The molecule has 4 atom stereocenters. The molecule has 1 aromatic carbocycles. The monoisotopic (exact) mass is 689 g/mol. The molecule has 0 bridgehead atoms. The molecule has 4 heterocycles. The third-order valence-corrected chi connectivity index (χ3v) is 9.34.